The highest BCUT2D eigenvalue weighted by Crippen LogP contribution is 2.36. The molecule has 0 saturated carbocycles. The monoisotopic (exact) mass is 471 g/mol. The number of hydrogen-bond acceptors (Lipinski definition) is 4. The van der Waals surface area contributed by atoms with E-state index in [2.05, 4.69) is 15.6 Å². The van der Waals surface area contributed by atoms with Crippen molar-refractivity contribution in [2.45, 2.75) is 24.9 Å². The number of aromatic nitrogens is 1. The zero-order chi connectivity index (χ0) is 24.1. The Labute approximate surface area is 187 Å². The van der Waals surface area contributed by atoms with Gasteiger partial charge >= 0.3 is 12.4 Å². The van der Waals surface area contributed by atoms with Gasteiger partial charge in [0.05, 0.1) is 17.4 Å². The van der Waals surface area contributed by atoms with Crippen LogP contribution in [0.25, 0.3) is 11.3 Å². The molecular formula is C23H23F6N3O. The van der Waals surface area contributed by atoms with Gasteiger partial charge in [-0.05, 0) is 24.6 Å². The summed E-state index contributed by atoms with van der Waals surface area (Å²) in [6.07, 6.45) is -3.93. The van der Waals surface area contributed by atoms with Crippen molar-refractivity contribution in [2.24, 2.45) is 0 Å². The fourth-order valence-electron chi connectivity index (χ4n) is 3.35. The lowest BCUT2D eigenvalue weighted by Crippen LogP contribution is -2.31. The van der Waals surface area contributed by atoms with Gasteiger partial charge in [0.25, 0.3) is 0 Å². The summed E-state index contributed by atoms with van der Waals surface area (Å²) in [6.45, 7) is 1.61. The Hall–Kier alpha value is -2.69. The molecule has 0 radical (unpaired) electrons. The summed E-state index contributed by atoms with van der Waals surface area (Å²) >= 11 is 0. The van der Waals surface area contributed by atoms with E-state index in [1.54, 1.807) is 0 Å². The van der Waals surface area contributed by atoms with Crippen molar-refractivity contribution in [3.05, 3.63) is 77.0 Å². The van der Waals surface area contributed by atoms with Crippen molar-refractivity contribution in [3.8, 4) is 11.3 Å². The van der Waals surface area contributed by atoms with Gasteiger partial charge in [-0.15, -0.1) is 0 Å². The Morgan fingerprint density at radius 3 is 2.21 bits per heavy atom. The first kappa shape index (κ1) is 24.9. The second-order valence-electron chi connectivity index (χ2n) is 7.56. The first-order valence-corrected chi connectivity index (χ1v) is 10.3. The van der Waals surface area contributed by atoms with E-state index in [9.17, 15) is 31.4 Å². The average molecular weight is 471 g/mol. The van der Waals surface area contributed by atoms with E-state index in [-0.39, 0.29) is 17.8 Å². The Kier molecular flexibility index (Phi) is 7.93. The topological polar surface area (TPSA) is 57.2 Å². The summed E-state index contributed by atoms with van der Waals surface area (Å²) in [7, 11) is 0. The number of nitrogens with one attached hydrogen (secondary N) is 2. The average Bonchev–Trinajstić information content (AvgIpc) is 3.28. The zero-order valence-electron chi connectivity index (χ0n) is 17.5. The molecule has 1 aromatic carbocycles. The van der Waals surface area contributed by atoms with Gasteiger partial charge in [0.1, 0.15) is 0 Å². The van der Waals surface area contributed by atoms with E-state index < -0.39 is 35.3 Å². The highest BCUT2D eigenvalue weighted by molar-refractivity contribution is 5.60. The number of pyridine rings is 1. The molecule has 3 rings (SSSR count). The minimum Gasteiger partial charge on any atom is -0.387 e. The van der Waals surface area contributed by atoms with Crippen molar-refractivity contribution in [2.75, 3.05) is 26.2 Å². The van der Waals surface area contributed by atoms with Gasteiger partial charge in [0.2, 0.25) is 0 Å². The van der Waals surface area contributed by atoms with Gasteiger partial charge in [0.15, 0.2) is 5.69 Å². The van der Waals surface area contributed by atoms with Gasteiger partial charge in [-0.3, -0.25) is 0 Å². The second-order valence-corrected chi connectivity index (χ2v) is 7.56. The van der Waals surface area contributed by atoms with Crippen LogP contribution < -0.4 is 10.6 Å². The third-order valence-electron chi connectivity index (χ3n) is 5.08. The lowest BCUT2D eigenvalue weighted by atomic mass is 10.0. The van der Waals surface area contributed by atoms with E-state index in [1.165, 1.54) is 11.6 Å². The zero-order valence-corrected chi connectivity index (χ0v) is 17.5. The van der Waals surface area contributed by atoms with Crippen LogP contribution in [0.4, 0.5) is 26.3 Å². The SMILES string of the molecule is O[C@@H](CNCCNCC1=CC=CC1)c1ccc(-c2ccc(C(F)(F)F)cc2)nc1C(F)(F)F. The molecule has 1 atom stereocenters. The van der Waals surface area contributed by atoms with E-state index in [0.29, 0.717) is 19.6 Å². The molecule has 1 aromatic heterocycles. The van der Waals surface area contributed by atoms with Gasteiger partial charge in [-0.2, -0.15) is 26.3 Å². The summed E-state index contributed by atoms with van der Waals surface area (Å²) in [5.41, 5.74) is -1.38. The van der Waals surface area contributed by atoms with Crippen molar-refractivity contribution < 1.29 is 31.4 Å². The first-order chi connectivity index (χ1) is 15.6. The minimum atomic E-state index is -4.84. The standard InChI is InChI=1S/C23H23F6N3O/c24-22(25,26)17-7-5-16(6-8-17)19-10-9-18(21(32-19)23(27,28)29)20(33)14-31-12-11-30-13-15-3-1-2-4-15/h1-3,5-10,20,30-31,33H,4,11-14H2/t20-/m0/s1. The minimum absolute atomic E-state index is 0.103. The van der Waals surface area contributed by atoms with Crippen molar-refractivity contribution in [1.82, 2.24) is 15.6 Å². The largest absolute Gasteiger partial charge is 0.433 e. The lowest BCUT2D eigenvalue weighted by Gasteiger charge is -2.18. The van der Waals surface area contributed by atoms with E-state index in [4.69, 9.17) is 0 Å². The molecule has 0 unspecified atom stereocenters. The number of aliphatic hydroxyl groups is 1. The van der Waals surface area contributed by atoms with Crippen LogP contribution in [0.5, 0.6) is 0 Å². The van der Waals surface area contributed by atoms with Crippen LogP contribution in [-0.4, -0.2) is 36.3 Å². The van der Waals surface area contributed by atoms with Crippen molar-refractivity contribution in [3.63, 3.8) is 0 Å². The number of aliphatic hydroxyl groups excluding tert-OH is 1. The number of rotatable bonds is 9. The number of benzene rings is 1. The maximum atomic E-state index is 13.6. The Morgan fingerprint density at radius 1 is 0.909 bits per heavy atom. The number of nitrogens with zero attached hydrogens (tertiary/aromatic N) is 1. The molecule has 10 heteroatoms. The predicted octanol–water partition coefficient (Wildman–Crippen LogP) is 4.89. The molecule has 1 aliphatic carbocycles. The highest BCUT2D eigenvalue weighted by atomic mass is 19.4. The summed E-state index contributed by atoms with van der Waals surface area (Å²) in [6, 6.07) is 6.05. The van der Waals surface area contributed by atoms with Crippen molar-refractivity contribution >= 4 is 0 Å². The number of allylic oxidation sites excluding steroid dienone is 3. The van der Waals surface area contributed by atoms with E-state index in [1.807, 2.05) is 18.2 Å². The van der Waals surface area contributed by atoms with Crippen LogP contribution in [0.3, 0.4) is 0 Å². The fraction of sp³-hybridized carbons (Fsp3) is 0.348. The molecule has 3 N–H and O–H groups in total. The van der Waals surface area contributed by atoms with Crippen LogP contribution in [0, 0.1) is 0 Å². The van der Waals surface area contributed by atoms with Gasteiger partial charge in [0, 0.05) is 37.3 Å². The second kappa shape index (κ2) is 10.5. The molecule has 1 aliphatic rings. The molecule has 2 aromatic rings. The summed E-state index contributed by atoms with van der Waals surface area (Å²) in [5, 5.41) is 16.4. The lowest BCUT2D eigenvalue weighted by molar-refractivity contribution is -0.142. The third-order valence-corrected chi connectivity index (χ3v) is 5.08. The molecule has 0 spiro atoms. The van der Waals surface area contributed by atoms with Crippen LogP contribution in [-0.2, 0) is 12.4 Å². The van der Waals surface area contributed by atoms with E-state index in [0.717, 1.165) is 36.8 Å². The van der Waals surface area contributed by atoms with Gasteiger partial charge < -0.3 is 15.7 Å². The maximum Gasteiger partial charge on any atom is 0.433 e. The molecule has 0 saturated heterocycles. The van der Waals surface area contributed by atoms with Crippen LogP contribution in [0.1, 0.15) is 29.3 Å². The Bertz CT molecular complexity index is 997. The van der Waals surface area contributed by atoms with Crippen LogP contribution >= 0.6 is 0 Å². The molecule has 4 nitrogen and oxygen atoms in total. The van der Waals surface area contributed by atoms with Crippen LogP contribution in [0.2, 0.25) is 0 Å². The van der Waals surface area contributed by atoms with Gasteiger partial charge in [-0.1, -0.05) is 42.0 Å². The summed E-state index contributed by atoms with van der Waals surface area (Å²) in [4.78, 5) is 3.61. The molecule has 0 aliphatic heterocycles. The van der Waals surface area contributed by atoms with Crippen molar-refractivity contribution in [1.29, 1.82) is 0 Å². The molecule has 0 bridgehead atoms. The molecule has 0 amide bonds. The van der Waals surface area contributed by atoms with E-state index >= 15 is 0 Å². The normalized spacial score (nSPS) is 15.1. The first-order valence-electron chi connectivity index (χ1n) is 10.3. The fourth-order valence-corrected chi connectivity index (χ4v) is 3.35. The predicted molar refractivity (Wildman–Crippen MR) is 112 cm³/mol. The molecule has 178 valence electrons. The number of hydrogen-bond donors (Lipinski definition) is 3. The molecular weight excluding hydrogens is 448 g/mol. The molecule has 1 heterocycles. The Balaban J connectivity index is 1.63. The maximum absolute atomic E-state index is 13.6. The number of alkyl halides is 6. The molecule has 0 fully saturated rings. The summed E-state index contributed by atoms with van der Waals surface area (Å²) in [5.74, 6) is 0. The third kappa shape index (κ3) is 6.89. The molecule has 33 heavy (non-hydrogen) atoms. The Morgan fingerprint density at radius 2 is 1.61 bits per heavy atom. The highest BCUT2D eigenvalue weighted by Gasteiger charge is 2.37. The van der Waals surface area contributed by atoms with Gasteiger partial charge in [-0.25, -0.2) is 4.98 Å². The smallest absolute Gasteiger partial charge is 0.387 e. The quantitative estimate of drug-likeness (QED) is 0.360. The number of halogens is 6. The summed E-state index contributed by atoms with van der Waals surface area (Å²) < 4.78 is 78.9. The van der Waals surface area contributed by atoms with Crippen LogP contribution in [0.15, 0.2) is 60.2 Å².